The number of benzene rings is 1. The first kappa shape index (κ1) is 12.1. The summed E-state index contributed by atoms with van der Waals surface area (Å²) < 4.78 is 10.8. The number of phenols is 1. The highest BCUT2D eigenvalue weighted by Gasteiger charge is 2.18. The van der Waals surface area contributed by atoms with E-state index in [4.69, 9.17) is 9.26 Å². The van der Waals surface area contributed by atoms with Crippen molar-refractivity contribution in [2.75, 3.05) is 19.7 Å². The molecule has 0 spiro atoms. The molecule has 1 aliphatic rings. The van der Waals surface area contributed by atoms with E-state index in [0.717, 1.165) is 18.7 Å². The van der Waals surface area contributed by atoms with Gasteiger partial charge in [-0.25, -0.2) is 0 Å². The number of nitrogens with one attached hydrogen (secondary N) is 1. The van der Waals surface area contributed by atoms with Crippen LogP contribution in [-0.4, -0.2) is 41.0 Å². The van der Waals surface area contributed by atoms with Gasteiger partial charge < -0.3 is 19.7 Å². The topological polar surface area (TPSA) is 80.4 Å². The molecule has 100 valence electrons. The number of aromatic hydroxyl groups is 1. The van der Waals surface area contributed by atoms with Crippen molar-refractivity contribution in [2.45, 2.75) is 12.5 Å². The van der Waals surface area contributed by atoms with Crippen molar-refractivity contribution < 1.29 is 14.4 Å². The van der Waals surface area contributed by atoms with Crippen molar-refractivity contribution in [3.8, 4) is 17.1 Å². The monoisotopic (exact) mass is 261 g/mol. The molecular formula is C13H15N3O3. The van der Waals surface area contributed by atoms with Crippen LogP contribution in [-0.2, 0) is 11.2 Å². The lowest BCUT2D eigenvalue weighted by molar-refractivity contribution is 0.0246. The molecule has 3 rings (SSSR count). The maximum absolute atomic E-state index is 9.24. The molecule has 0 radical (unpaired) electrons. The molecule has 1 aliphatic heterocycles. The van der Waals surface area contributed by atoms with Crippen LogP contribution in [0, 0.1) is 0 Å². The second kappa shape index (κ2) is 5.38. The summed E-state index contributed by atoms with van der Waals surface area (Å²) in [7, 11) is 0. The summed E-state index contributed by atoms with van der Waals surface area (Å²) in [6, 6.07) is 6.70. The van der Waals surface area contributed by atoms with Crippen molar-refractivity contribution in [2.24, 2.45) is 0 Å². The first-order valence-corrected chi connectivity index (χ1v) is 6.25. The Hall–Kier alpha value is -1.92. The zero-order valence-corrected chi connectivity index (χ0v) is 10.4. The molecule has 0 bridgehead atoms. The van der Waals surface area contributed by atoms with Gasteiger partial charge in [0.15, 0.2) is 0 Å². The standard InChI is InChI=1S/C13H15N3O3/c17-10-3-1-9(2-4-10)13-15-12(19-16-13)7-11-8-14-5-6-18-11/h1-4,11,14,17H,5-8H2. The fourth-order valence-electron chi connectivity index (χ4n) is 2.01. The molecular weight excluding hydrogens is 246 g/mol. The first-order valence-electron chi connectivity index (χ1n) is 6.25. The molecule has 6 heteroatoms. The van der Waals surface area contributed by atoms with Crippen LogP contribution >= 0.6 is 0 Å². The minimum Gasteiger partial charge on any atom is -0.508 e. The van der Waals surface area contributed by atoms with Gasteiger partial charge in [-0.2, -0.15) is 4.98 Å². The largest absolute Gasteiger partial charge is 0.508 e. The van der Waals surface area contributed by atoms with Gasteiger partial charge in [0.1, 0.15) is 5.75 Å². The average Bonchev–Trinajstić information content (AvgIpc) is 2.89. The minimum absolute atomic E-state index is 0.0851. The molecule has 1 fully saturated rings. The molecule has 19 heavy (non-hydrogen) atoms. The third kappa shape index (κ3) is 2.91. The fourth-order valence-corrected chi connectivity index (χ4v) is 2.01. The summed E-state index contributed by atoms with van der Waals surface area (Å²) in [6.07, 6.45) is 0.694. The summed E-state index contributed by atoms with van der Waals surface area (Å²) in [5.41, 5.74) is 0.815. The summed E-state index contributed by atoms with van der Waals surface area (Å²) in [6.45, 7) is 2.40. The second-order valence-electron chi connectivity index (χ2n) is 4.46. The van der Waals surface area contributed by atoms with Crippen LogP contribution in [0.2, 0.25) is 0 Å². The molecule has 2 heterocycles. The molecule has 0 amide bonds. The van der Waals surface area contributed by atoms with Gasteiger partial charge in [-0.05, 0) is 24.3 Å². The van der Waals surface area contributed by atoms with Crippen LogP contribution < -0.4 is 5.32 Å². The number of morpholine rings is 1. The van der Waals surface area contributed by atoms with E-state index in [1.165, 1.54) is 0 Å². The number of phenolic OH excluding ortho intramolecular Hbond substituents is 1. The lowest BCUT2D eigenvalue weighted by Gasteiger charge is -2.21. The van der Waals surface area contributed by atoms with Crippen molar-refractivity contribution in [1.82, 2.24) is 15.5 Å². The van der Waals surface area contributed by atoms with Crippen LogP contribution in [0.5, 0.6) is 5.75 Å². The van der Waals surface area contributed by atoms with Crippen LogP contribution in [0.1, 0.15) is 5.89 Å². The van der Waals surface area contributed by atoms with E-state index >= 15 is 0 Å². The number of aromatic nitrogens is 2. The molecule has 1 atom stereocenters. The predicted molar refractivity (Wildman–Crippen MR) is 67.7 cm³/mol. The van der Waals surface area contributed by atoms with Crippen LogP contribution in [0.3, 0.4) is 0 Å². The number of hydrogen-bond donors (Lipinski definition) is 2. The summed E-state index contributed by atoms with van der Waals surface area (Å²) in [5.74, 6) is 1.31. The lowest BCUT2D eigenvalue weighted by Crippen LogP contribution is -2.39. The third-order valence-electron chi connectivity index (χ3n) is 3.00. The zero-order chi connectivity index (χ0) is 13.1. The Labute approximate surface area is 110 Å². The molecule has 1 saturated heterocycles. The Bertz CT molecular complexity index is 532. The third-order valence-corrected chi connectivity index (χ3v) is 3.00. The van der Waals surface area contributed by atoms with Gasteiger partial charge in [0.2, 0.25) is 11.7 Å². The van der Waals surface area contributed by atoms with Gasteiger partial charge in [-0.3, -0.25) is 0 Å². The van der Waals surface area contributed by atoms with E-state index in [0.29, 0.717) is 24.7 Å². The van der Waals surface area contributed by atoms with Gasteiger partial charge in [-0.1, -0.05) is 5.16 Å². The number of rotatable bonds is 3. The highest BCUT2D eigenvalue weighted by Crippen LogP contribution is 2.19. The molecule has 1 aromatic heterocycles. The Balaban J connectivity index is 1.70. The van der Waals surface area contributed by atoms with Crippen LogP contribution in [0.4, 0.5) is 0 Å². The van der Waals surface area contributed by atoms with Crippen molar-refractivity contribution >= 4 is 0 Å². The lowest BCUT2D eigenvalue weighted by atomic mass is 10.2. The fraction of sp³-hybridized carbons (Fsp3) is 0.385. The van der Waals surface area contributed by atoms with Crippen LogP contribution in [0.25, 0.3) is 11.4 Å². The molecule has 1 unspecified atom stereocenters. The van der Waals surface area contributed by atoms with E-state index in [1.807, 2.05) is 0 Å². The Morgan fingerprint density at radius 3 is 2.89 bits per heavy atom. The van der Waals surface area contributed by atoms with Gasteiger partial charge in [-0.15, -0.1) is 0 Å². The summed E-state index contributed by atoms with van der Waals surface area (Å²) in [4.78, 5) is 4.34. The molecule has 2 N–H and O–H groups in total. The maximum Gasteiger partial charge on any atom is 0.229 e. The number of hydrogen-bond acceptors (Lipinski definition) is 6. The second-order valence-corrected chi connectivity index (χ2v) is 4.46. The van der Waals surface area contributed by atoms with E-state index < -0.39 is 0 Å². The van der Waals surface area contributed by atoms with E-state index in [1.54, 1.807) is 24.3 Å². The number of ether oxygens (including phenoxy) is 1. The van der Waals surface area contributed by atoms with Crippen molar-refractivity contribution in [3.05, 3.63) is 30.2 Å². The quantitative estimate of drug-likeness (QED) is 0.857. The number of nitrogens with zero attached hydrogens (tertiary/aromatic N) is 2. The smallest absolute Gasteiger partial charge is 0.229 e. The highest BCUT2D eigenvalue weighted by atomic mass is 16.5. The van der Waals surface area contributed by atoms with Gasteiger partial charge >= 0.3 is 0 Å². The Kier molecular flexibility index (Phi) is 3.43. The molecule has 0 aliphatic carbocycles. The van der Waals surface area contributed by atoms with Gasteiger partial charge in [0.05, 0.1) is 19.1 Å². The highest BCUT2D eigenvalue weighted by molar-refractivity contribution is 5.55. The van der Waals surface area contributed by atoms with Gasteiger partial charge in [0, 0.05) is 18.7 Å². The average molecular weight is 261 g/mol. The van der Waals surface area contributed by atoms with Gasteiger partial charge in [0.25, 0.3) is 0 Å². The van der Waals surface area contributed by atoms with Crippen LogP contribution in [0.15, 0.2) is 28.8 Å². The predicted octanol–water partition coefficient (Wildman–Crippen LogP) is 0.973. The van der Waals surface area contributed by atoms with E-state index in [9.17, 15) is 5.11 Å². The van der Waals surface area contributed by atoms with E-state index in [-0.39, 0.29) is 11.9 Å². The van der Waals surface area contributed by atoms with E-state index in [2.05, 4.69) is 15.5 Å². The first-order chi connectivity index (χ1) is 9.31. The van der Waals surface area contributed by atoms with Crippen molar-refractivity contribution in [3.63, 3.8) is 0 Å². The SMILES string of the molecule is Oc1ccc(-c2noc(CC3CNCCO3)n2)cc1. The minimum atomic E-state index is 0.0851. The molecule has 0 saturated carbocycles. The summed E-state index contributed by atoms with van der Waals surface area (Å²) >= 11 is 0. The van der Waals surface area contributed by atoms with Crippen molar-refractivity contribution in [1.29, 1.82) is 0 Å². The Morgan fingerprint density at radius 2 is 2.16 bits per heavy atom. The summed E-state index contributed by atoms with van der Waals surface area (Å²) in [5, 5.41) is 16.4. The zero-order valence-electron chi connectivity index (χ0n) is 10.4. The molecule has 6 nitrogen and oxygen atoms in total. The Morgan fingerprint density at radius 1 is 1.32 bits per heavy atom. The molecule has 1 aromatic carbocycles. The molecule has 2 aromatic rings. The maximum atomic E-state index is 9.24. The normalized spacial score (nSPS) is 19.5.